The molecular weight excluding hydrogens is 242 g/mol. The molecule has 2 heterocycles. The zero-order chi connectivity index (χ0) is 12.5. The van der Waals surface area contributed by atoms with Crippen LogP contribution in [-0.4, -0.2) is 48.7 Å². The Labute approximate surface area is 101 Å². The third kappa shape index (κ3) is 2.80. The van der Waals surface area contributed by atoms with E-state index in [0.29, 0.717) is 25.6 Å². The number of hydrogen-bond donors (Lipinski definition) is 0. The number of hydrogen-bond acceptors (Lipinski definition) is 5. The highest BCUT2D eigenvalue weighted by atomic mass is 32.2. The lowest BCUT2D eigenvalue weighted by Gasteiger charge is -2.32. The molecule has 17 heavy (non-hydrogen) atoms. The predicted octanol–water partition coefficient (Wildman–Crippen LogP) is 0.118. The van der Waals surface area contributed by atoms with E-state index in [1.807, 2.05) is 6.92 Å². The number of aryl methyl sites for hydroxylation is 1. The second kappa shape index (κ2) is 4.67. The molecule has 1 atom stereocenters. The van der Waals surface area contributed by atoms with E-state index in [9.17, 15) is 8.42 Å². The fourth-order valence-corrected chi connectivity index (χ4v) is 2.84. The molecule has 0 amide bonds. The maximum Gasteiger partial charge on any atom is 0.212 e. The second-order valence-electron chi connectivity index (χ2n) is 4.02. The number of morpholine rings is 1. The van der Waals surface area contributed by atoms with Gasteiger partial charge in [-0.2, -0.15) is 4.31 Å². The standard InChI is InChI=1S/C10H15N3O3S/c1-8-3-4-11-10(12-8)9-7-16-6-5-13(9)17(2,14)15/h3-4,9H,5-7H2,1-2H3/t9-/m1/s1. The van der Waals surface area contributed by atoms with Crippen LogP contribution in [0.25, 0.3) is 0 Å². The topological polar surface area (TPSA) is 72.4 Å². The Balaban J connectivity index is 2.34. The van der Waals surface area contributed by atoms with Gasteiger partial charge in [-0.15, -0.1) is 0 Å². The van der Waals surface area contributed by atoms with E-state index in [-0.39, 0.29) is 0 Å². The Morgan fingerprint density at radius 2 is 2.29 bits per heavy atom. The first kappa shape index (κ1) is 12.4. The lowest BCUT2D eigenvalue weighted by Crippen LogP contribution is -2.43. The van der Waals surface area contributed by atoms with Gasteiger partial charge in [0.1, 0.15) is 11.9 Å². The van der Waals surface area contributed by atoms with E-state index >= 15 is 0 Å². The highest BCUT2D eigenvalue weighted by molar-refractivity contribution is 7.88. The van der Waals surface area contributed by atoms with Crippen molar-refractivity contribution in [1.29, 1.82) is 0 Å². The first-order valence-corrected chi connectivity index (χ1v) is 7.17. The van der Waals surface area contributed by atoms with Crippen molar-refractivity contribution in [1.82, 2.24) is 14.3 Å². The first-order valence-electron chi connectivity index (χ1n) is 5.32. The summed E-state index contributed by atoms with van der Waals surface area (Å²) in [5.41, 5.74) is 0.814. The molecule has 0 spiro atoms. The Morgan fingerprint density at radius 3 is 2.94 bits per heavy atom. The minimum Gasteiger partial charge on any atom is -0.378 e. The van der Waals surface area contributed by atoms with Crippen LogP contribution >= 0.6 is 0 Å². The van der Waals surface area contributed by atoms with Gasteiger partial charge in [0.05, 0.1) is 19.5 Å². The lowest BCUT2D eigenvalue weighted by atomic mass is 10.2. The van der Waals surface area contributed by atoms with Gasteiger partial charge >= 0.3 is 0 Å². The van der Waals surface area contributed by atoms with Gasteiger partial charge in [0.25, 0.3) is 0 Å². The molecule has 0 unspecified atom stereocenters. The largest absolute Gasteiger partial charge is 0.378 e. The van der Waals surface area contributed by atoms with Crippen LogP contribution in [0.4, 0.5) is 0 Å². The lowest BCUT2D eigenvalue weighted by molar-refractivity contribution is 0.0292. The summed E-state index contributed by atoms with van der Waals surface area (Å²) in [4.78, 5) is 8.39. The molecule has 0 aliphatic carbocycles. The maximum atomic E-state index is 11.7. The van der Waals surface area contributed by atoms with E-state index in [0.717, 1.165) is 5.69 Å². The molecule has 1 saturated heterocycles. The van der Waals surface area contributed by atoms with Gasteiger partial charge in [0.15, 0.2) is 0 Å². The summed E-state index contributed by atoms with van der Waals surface area (Å²) in [6.45, 7) is 2.91. The number of aromatic nitrogens is 2. The Kier molecular flexibility index (Phi) is 3.41. The van der Waals surface area contributed by atoms with Crippen molar-refractivity contribution in [2.75, 3.05) is 26.0 Å². The van der Waals surface area contributed by atoms with E-state index in [2.05, 4.69) is 9.97 Å². The number of ether oxygens (including phenoxy) is 1. The van der Waals surface area contributed by atoms with Crippen LogP contribution in [0, 0.1) is 6.92 Å². The average molecular weight is 257 g/mol. The van der Waals surface area contributed by atoms with Crippen LogP contribution in [0.2, 0.25) is 0 Å². The Bertz CT molecular complexity index is 503. The number of nitrogens with zero attached hydrogens (tertiary/aromatic N) is 3. The fourth-order valence-electron chi connectivity index (χ4n) is 1.82. The summed E-state index contributed by atoms with van der Waals surface area (Å²) < 4.78 is 30.0. The molecule has 0 saturated carbocycles. The number of rotatable bonds is 2. The van der Waals surface area contributed by atoms with Crippen molar-refractivity contribution in [3.05, 3.63) is 23.8 Å². The Morgan fingerprint density at radius 1 is 1.53 bits per heavy atom. The van der Waals surface area contributed by atoms with Gasteiger partial charge < -0.3 is 4.74 Å². The third-order valence-electron chi connectivity index (χ3n) is 2.62. The van der Waals surface area contributed by atoms with Crippen LogP contribution < -0.4 is 0 Å². The van der Waals surface area contributed by atoms with E-state index in [4.69, 9.17) is 4.74 Å². The molecule has 1 aromatic rings. The molecular formula is C10H15N3O3S. The summed E-state index contributed by atoms with van der Waals surface area (Å²) in [5.74, 6) is 0.495. The monoisotopic (exact) mass is 257 g/mol. The van der Waals surface area contributed by atoms with Crippen molar-refractivity contribution >= 4 is 10.0 Å². The van der Waals surface area contributed by atoms with Crippen molar-refractivity contribution in [3.8, 4) is 0 Å². The summed E-state index contributed by atoms with van der Waals surface area (Å²) in [7, 11) is -3.26. The molecule has 0 aromatic carbocycles. The van der Waals surface area contributed by atoms with Gasteiger partial charge in [-0.05, 0) is 13.0 Å². The zero-order valence-electron chi connectivity index (χ0n) is 9.83. The van der Waals surface area contributed by atoms with E-state index in [1.165, 1.54) is 10.6 Å². The van der Waals surface area contributed by atoms with Crippen LogP contribution in [0.1, 0.15) is 17.6 Å². The highest BCUT2D eigenvalue weighted by Crippen LogP contribution is 2.23. The van der Waals surface area contributed by atoms with E-state index in [1.54, 1.807) is 12.3 Å². The van der Waals surface area contributed by atoms with Gasteiger partial charge in [-0.3, -0.25) is 0 Å². The molecule has 1 fully saturated rings. The predicted molar refractivity (Wildman–Crippen MR) is 61.9 cm³/mol. The van der Waals surface area contributed by atoms with Gasteiger partial charge in [0.2, 0.25) is 10.0 Å². The van der Waals surface area contributed by atoms with Crippen molar-refractivity contribution in [2.45, 2.75) is 13.0 Å². The molecule has 2 rings (SSSR count). The molecule has 1 aliphatic rings. The smallest absolute Gasteiger partial charge is 0.212 e. The molecule has 0 bridgehead atoms. The highest BCUT2D eigenvalue weighted by Gasteiger charge is 2.33. The molecule has 0 radical (unpaired) electrons. The fraction of sp³-hybridized carbons (Fsp3) is 0.600. The summed E-state index contributed by atoms with van der Waals surface area (Å²) in [6, 6.07) is 1.36. The molecule has 94 valence electrons. The van der Waals surface area contributed by atoms with E-state index < -0.39 is 16.1 Å². The maximum absolute atomic E-state index is 11.7. The third-order valence-corrected chi connectivity index (χ3v) is 3.91. The quantitative estimate of drug-likeness (QED) is 0.752. The minimum atomic E-state index is -3.26. The summed E-state index contributed by atoms with van der Waals surface area (Å²) in [5, 5.41) is 0. The summed E-state index contributed by atoms with van der Waals surface area (Å²) >= 11 is 0. The van der Waals surface area contributed by atoms with Gasteiger partial charge in [-0.1, -0.05) is 0 Å². The molecule has 7 heteroatoms. The van der Waals surface area contributed by atoms with Gasteiger partial charge in [-0.25, -0.2) is 18.4 Å². The van der Waals surface area contributed by atoms with Crippen LogP contribution in [0.15, 0.2) is 12.3 Å². The minimum absolute atomic E-state index is 0.302. The van der Waals surface area contributed by atoms with Crippen molar-refractivity contribution < 1.29 is 13.2 Å². The SMILES string of the molecule is Cc1ccnc([C@H]2COCCN2S(C)(=O)=O)n1. The van der Waals surface area contributed by atoms with Crippen molar-refractivity contribution in [3.63, 3.8) is 0 Å². The Hall–Kier alpha value is -1.05. The zero-order valence-corrected chi connectivity index (χ0v) is 10.6. The van der Waals surface area contributed by atoms with Crippen LogP contribution in [0.5, 0.6) is 0 Å². The van der Waals surface area contributed by atoms with Crippen LogP contribution in [-0.2, 0) is 14.8 Å². The normalized spacial score (nSPS) is 22.6. The molecule has 1 aromatic heterocycles. The molecule has 1 aliphatic heterocycles. The second-order valence-corrected chi connectivity index (χ2v) is 5.96. The summed E-state index contributed by atoms with van der Waals surface area (Å²) in [6.07, 6.45) is 2.83. The molecule has 0 N–H and O–H groups in total. The first-order chi connectivity index (χ1) is 7.98. The number of sulfonamides is 1. The van der Waals surface area contributed by atoms with Gasteiger partial charge in [0, 0.05) is 18.4 Å². The molecule has 6 nitrogen and oxygen atoms in total. The average Bonchev–Trinajstić information content (AvgIpc) is 2.28. The van der Waals surface area contributed by atoms with Crippen LogP contribution in [0.3, 0.4) is 0 Å². The van der Waals surface area contributed by atoms with Crippen molar-refractivity contribution in [2.24, 2.45) is 0 Å².